The molecule has 4 heterocycles. The van der Waals surface area contributed by atoms with Crippen molar-refractivity contribution in [1.82, 2.24) is 40.9 Å². The van der Waals surface area contributed by atoms with Crippen LogP contribution in [0.1, 0.15) is 11.3 Å². The smallest absolute Gasteiger partial charge is 0.471 e. The van der Waals surface area contributed by atoms with E-state index >= 15 is 0 Å². The topological polar surface area (TPSA) is 252 Å². The number of fused-ring (bicyclic) bond motifs is 1. The number of tetrazole rings is 1. The number of nitrogens with zero attached hydrogens (tertiary/aromatic N) is 7. The minimum atomic E-state index is -5.20. The number of carboxylic acid groups (broad SMARTS) is 2. The number of hydroxylamine groups is 1. The van der Waals surface area contributed by atoms with Crippen molar-refractivity contribution in [1.29, 1.82) is 0 Å². The van der Waals surface area contributed by atoms with Crippen LogP contribution in [-0.2, 0) is 40.3 Å². The quantitative estimate of drug-likeness (QED) is 0.0247. The molecule has 1 aromatic carbocycles. The van der Waals surface area contributed by atoms with Crippen LogP contribution in [0.25, 0.3) is 6.20 Å². The average molecular weight is 811 g/mol. The Labute approximate surface area is 313 Å². The van der Waals surface area contributed by atoms with Gasteiger partial charge < -0.3 is 20.4 Å². The molecule has 1 saturated heterocycles. The van der Waals surface area contributed by atoms with Crippen LogP contribution in [0.2, 0.25) is 0 Å². The van der Waals surface area contributed by atoms with Crippen LogP contribution in [0.15, 0.2) is 75.6 Å². The Kier molecular flexibility index (Phi) is 12.7. The zero-order chi connectivity index (χ0) is 39.0. The molecule has 0 spiro atoms. The van der Waals surface area contributed by atoms with E-state index in [-0.39, 0.29) is 41.3 Å². The second-order valence-electron chi connectivity index (χ2n) is 10.6. The number of anilines is 1. The number of carboxylic acids is 2. The molecule has 2 atom stereocenters. The molecule has 0 bridgehead atoms. The van der Waals surface area contributed by atoms with E-state index in [1.54, 1.807) is 35.6 Å². The standard InChI is InChI=1S/C29H25F3N10O9S3/c1-2-8-50-37-16(24(45)46)9-41-28(36-39-40-41)54-12-15-11-52-23-19(22(44)42(23)20(15)25(47)48)34-21(43)18(38-51-10-14-6-4-3-5-7-14)17-13-53-27(33-17)35-26(49)29(30,31)32/h2-7,9,13,19,23,37H,1,8,10-12H2,(H,34,43)(H,45,46)(H,47,48)(H,33,35,49)/t19?,23-/m0/s1. The molecule has 2 aliphatic heterocycles. The Hall–Kier alpha value is -5.79. The summed E-state index contributed by atoms with van der Waals surface area (Å²) in [5, 5.41) is 38.4. The highest BCUT2D eigenvalue weighted by Crippen LogP contribution is 2.41. The summed E-state index contributed by atoms with van der Waals surface area (Å²) in [6.07, 6.45) is -2.78. The van der Waals surface area contributed by atoms with Crippen molar-refractivity contribution < 1.29 is 57.0 Å². The van der Waals surface area contributed by atoms with Crippen molar-refractivity contribution in [3.05, 3.63) is 76.6 Å². The molecule has 2 aliphatic rings. The van der Waals surface area contributed by atoms with Gasteiger partial charge in [0.05, 0.1) is 12.8 Å². The Bertz CT molecular complexity index is 2040. The number of oxime groups is 1. The van der Waals surface area contributed by atoms with Crippen LogP contribution in [0.4, 0.5) is 18.3 Å². The van der Waals surface area contributed by atoms with E-state index in [2.05, 4.69) is 43.0 Å². The van der Waals surface area contributed by atoms with E-state index in [0.29, 0.717) is 22.5 Å². The fraction of sp³-hybridized carbons (Fsp3) is 0.241. The first-order chi connectivity index (χ1) is 25.8. The summed E-state index contributed by atoms with van der Waals surface area (Å²) in [6.45, 7) is 3.33. The van der Waals surface area contributed by atoms with Gasteiger partial charge in [0.2, 0.25) is 5.16 Å². The number of amides is 3. The van der Waals surface area contributed by atoms with E-state index in [1.165, 1.54) is 6.08 Å². The number of alkyl halides is 3. The third-order valence-electron chi connectivity index (χ3n) is 6.91. The number of carbonyl (C=O) groups is 5. The number of nitrogens with one attached hydrogen (secondary N) is 3. The van der Waals surface area contributed by atoms with E-state index in [1.807, 2.05) is 0 Å². The molecule has 3 amide bonds. The highest BCUT2D eigenvalue weighted by Gasteiger charge is 2.54. The van der Waals surface area contributed by atoms with Gasteiger partial charge in [-0.25, -0.2) is 14.6 Å². The first kappa shape index (κ1) is 39.4. The van der Waals surface area contributed by atoms with Gasteiger partial charge in [0.25, 0.3) is 11.8 Å². The van der Waals surface area contributed by atoms with Gasteiger partial charge in [-0.15, -0.1) is 34.8 Å². The highest BCUT2D eigenvalue weighted by molar-refractivity contribution is 8.01. The highest BCUT2D eigenvalue weighted by atomic mass is 32.2. The van der Waals surface area contributed by atoms with Crippen molar-refractivity contribution >= 4 is 81.6 Å². The van der Waals surface area contributed by atoms with Gasteiger partial charge in [0, 0.05) is 16.9 Å². The molecule has 284 valence electrons. The summed E-state index contributed by atoms with van der Waals surface area (Å²) in [6, 6.07) is 7.37. The number of aliphatic carboxylic acids is 2. The lowest BCUT2D eigenvalue weighted by Crippen LogP contribution is -2.71. The number of hydrogen-bond donors (Lipinski definition) is 5. The lowest BCUT2D eigenvalue weighted by Gasteiger charge is -2.49. The van der Waals surface area contributed by atoms with Crippen LogP contribution < -0.4 is 16.1 Å². The zero-order valence-corrected chi connectivity index (χ0v) is 29.5. The van der Waals surface area contributed by atoms with Crippen molar-refractivity contribution in [2.45, 2.75) is 29.4 Å². The fourth-order valence-electron chi connectivity index (χ4n) is 4.50. The van der Waals surface area contributed by atoms with Crippen molar-refractivity contribution in [2.24, 2.45) is 5.16 Å². The van der Waals surface area contributed by atoms with Gasteiger partial charge >= 0.3 is 24.0 Å². The van der Waals surface area contributed by atoms with Gasteiger partial charge in [0.1, 0.15) is 29.4 Å². The number of benzene rings is 1. The Morgan fingerprint density at radius 2 is 1.94 bits per heavy atom. The Morgan fingerprint density at radius 1 is 1.19 bits per heavy atom. The monoisotopic (exact) mass is 810 g/mol. The van der Waals surface area contributed by atoms with Crippen molar-refractivity contribution in [2.75, 3.05) is 23.4 Å². The summed E-state index contributed by atoms with van der Waals surface area (Å²) in [4.78, 5) is 77.5. The third-order valence-corrected chi connectivity index (χ3v) is 10.0. The van der Waals surface area contributed by atoms with Gasteiger partial charge in [0.15, 0.2) is 16.5 Å². The number of β-lactam (4-membered cyclic amide) rings is 1. The summed E-state index contributed by atoms with van der Waals surface area (Å²) in [5.41, 5.74) is 1.61. The molecule has 5 rings (SSSR count). The van der Waals surface area contributed by atoms with Crippen LogP contribution in [0.3, 0.4) is 0 Å². The Balaban J connectivity index is 1.30. The molecule has 1 fully saturated rings. The SMILES string of the molecule is C=CCONC(=Cn1nnnc1SCC1=C(C(=O)O)N2C(=O)C(NC(=O)C(=NOCc3ccccc3)c3csc(NC(=O)C(F)(F)F)n3)[C@@H]2SC1)C(=O)O. The van der Waals surface area contributed by atoms with E-state index in [0.717, 1.165) is 44.7 Å². The van der Waals surface area contributed by atoms with Crippen molar-refractivity contribution in [3.8, 4) is 0 Å². The minimum absolute atomic E-state index is 0.00777. The summed E-state index contributed by atoms with van der Waals surface area (Å²) < 4.78 is 39.4. The second-order valence-corrected chi connectivity index (χ2v) is 13.5. The molecule has 1 unspecified atom stereocenters. The van der Waals surface area contributed by atoms with Gasteiger partial charge in [-0.2, -0.15) is 17.9 Å². The van der Waals surface area contributed by atoms with Crippen LogP contribution in [0.5, 0.6) is 0 Å². The number of thiazole rings is 1. The first-order valence-electron chi connectivity index (χ1n) is 14.9. The lowest BCUT2D eigenvalue weighted by molar-refractivity contribution is -0.167. The predicted molar refractivity (Wildman–Crippen MR) is 184 cm³/mol. The largest absolute Gasteiger partial charge is 0.477 e. The molecule has 3 aromatic rings. The molecular formula is C29H25F3N10O9S3. The second kappa shape index (κ2) is 17.4. The number of hydrogen-bond acceptors (Lipinski definition) is 16. The predicted octanol–water partition coefficient (Wildman–Crippen LogP) is 1.67. The lowest BCUT2D eigenvalue weighted by atomic mass is 10.0. The summed E-state index contributed by atoms with van der Waals surface area (Å²) >= 11 is 2.67. The van der Waals surface area contributed by atoms with Gasteiger partial charge in [-0.1, -0.05) is 53.3 Å². The maximum Gasteiger partial charge on any atom is 0.471 e. The van der Waals surface area contributed by atoms with E-state index < -0.39 is 63.8 Å². The van der Waals surface area contributed by atoms with Crippen LogP contribution in [0, 0.1) is 0 Å². The van der Waals surface area contributed by atoms with Crippen LogP contribution >= 0.6 is 34.9 Å². The molecule has 25 heteroatoms. The molecular weight excluding hydrogens is 786 g/mol. The molecule has 2 aromatic heterocycles. The maximum atomic E-state index is 13.5. The van der Waals surface area contributed by atoms with Crippen molar-refractivity contribution in [3.63, 3.8) is 0 Å². The third kappa shape index (κ3) is 9.41. The van der Waals surface area contributed by atoms with Gasteiger partial charge in [-0.3, -0.25) is 34.9 Å². The number of carbonyl (C=O) groups excluding carboxylic acids is 3. The number of thioether (sulfide) groups is 2. The molecule has 0 aliphatic carbocycles. The molecule has 0 saturated carbocycles. The molecule has 0 radical (unpaired) electrons. The summed E-state index contributed by atoms with van der Waals surface area (Å²) in [5.74, 6) is -6.87. The average Bonchev–Trinajstić information content (AvgIpc) is 3.79. The maximum absolute atomic E-state index is 13.5. The number of aromatic nitrogens is 5. The molecule has 19 nitrogen and oxygen atoms in total. The van der Waals surface area contributed by atoms with Gasteiger partial charge in [-0.05, 0) is 21.6 Å². The van der Waals surface area contributed by atoms with E-state index in [4.69, 9.17) is 9.68 Å². The minimum Gasteiger partial charge on any atom is -0.477 e. The first-order valence-corrected chi connectivity index (χ1v) is 17.8. The molecule has 54 heavy (non-hydrogen) atoms. The van der Waals surface area contributed by atoms with E-state index in [9.17, 15) is 47.4 Å². The summed E-state index contributed by atoms with van der Waals surface area (Å²) in [7, 11) is 0. The molecule has 5 N–H and O–H groups in total. The number of halogens is 3. The normalized spacial score (nSPS) is 17.3. The zero-order valence-electron chi connectivity index (χ0n) is 27.1. The Morgan fingerprint density at radius 3 is 2.63 bits per heavy atom. The number of rotatable bonds is 17. The van der Waals surface area contributed by atoms with Crippen LogP contribution in [-0.4, -0.2) is 111 Å². The fourth-order valence-corrected chi connectivity index (χ4v) is 7.52.